The van der Waals surface area contributed by atoms with Crippen LogP contribution in [0.5, 0.6) is 0 Å². The van der Waals surface area contributed by atoms with Crippen molar-refractivity contribution in [1.82, 2.24) is 10.2 Å². The number of alkyl carbamates (subject to hydrolysis) is 1. The van der Waals surface area contributed by atoms with Crippen molar-refractivity contribution in [1.29, 1.82) is 0 Å². The highest BCUT2D eigenvalue weighted by molar-refractivity contribution is 5.89. The molecule has 0 bridgehead atoms. The number of carbonyl (C=O) groups excluding carboxylic acids is 2. The van der Waals surface area contributed by atoms with Crippen molar-refractivity contribution in [3.8, 4) is 11.1 Å². The highest BCUT2D eigenvalue weighted by Gasteiger charge is 2.73. The van der Waals surface area contributed by atoms with Crippen molar-refractivity contribution >= 4 is 18.0 Å². The number of carboxylic acids is 1. The minimum atomic E-state index is -3.38. The molecule has 1 aliphatic heterocycles. The van der Waals surface area contributed by atoms with Gasteiger partial charge in [-0.05, 0) is 22.3 Å². The van der Waals surface area contributed by atoms with E-state index in [1.807, 2.05) is 48.5 Å². The van der Waals surface area contributed by atoms with Gasteiger partial charge in [0.05, 0.1) is 12.0 Å². The lowest BCUT2D eigenvalue weighted by atomic mass is 9.98. The third-order valence-corrected chi connectivity index (χ3v) is 7.13. The lowest BCUT2D eigenvalue weighted by Gasteiger charge is -2.21. The molecule has 0 aromatic heterocycles. The van der Waals surface area contributed by atoms with Crippen molar-refractivity contribution < 1.29 is 38.1 Å². The molecule has 3 aliphatic rings. The summed E-state index contributed by atoms with van der Waals surface area (Å²) in [7, 11) is 0. The topological polar surface area (TPSA) is 116 Å². The second-order valence-electron chi connectivity index (χ2n) is 9.20. The number of hydrogen-bond acceptors (Lipinski definition) is 5. The van der Waals surface area contributed by atoms with Gasteiger partial charge in [-0.3, -0.25) is 4.79 Å². The fourth-order valence-electron chi connectivity index (χ4n) is 5.29. The zero-order chi connectivity index (χ0) is 24.9. The molecule has 4 atom stereocenters. The number of nitrogens with zero attached hydrogens (tertiary/aromatic N) is 1. The average molecular weight is 486 g/mol. The number of carboxylic acid groups (broad SMARTS) is 1. The first kappa shape index (κ1) is 23.2. The van der Waals surface area contributed by atoms with Gasteiger partial charge in [-0.1, -0.05) is 48.5 Å². The SMILES string of the molecule is O=C(NCC1C(C(=O)N2CC(O)C[C@H]2C(=O)O)C1(F)F)OCC1c2ccccc2-c2ccccc21. The van der Waals surface area contributed by atoms with Gasteiger partial charge in [-0.15, -0.1) is 0 Å². The number of nitrogens with one attached hydrogen (secondary N) is 1. The van der Waals surface area contributed by atoms with Gasteiger partial charge in [-0.25, -0.2) is 18.4 Å². The van der Waals surface area contributed by atoms with Crippen LogP contribution in [0.25, 0.3) is 11.1 Å². The molecular weight excluding hydrogens is 462 g/mol. The quantitative estimate of drug-likeness (QED) is 0.578. The van der Waals surface area contributed by atoms with Crippen LogP contribution in [0, 0.1) is 11.8 Å². The van der Waals surface area contributed by atoms with E-state index in [-0.39, 0.29) is 25.5 Å². The van der Waals surface area contributed by atoms with Gasteiger partial charge in [0, 0.05) is 25.4 Å². The zero-order valence-electron chi connectivity index (χ0n) is 18.6. The largest absolute Gasteiger partial charge is 0.480 e. The number of amides is 2. The Hall–Kier alpha value is -3.53. The van der Waals surface area contributed by atoms with E-state index in [0.717, 1.165) is 27.2 Å². The lowest BCUT2D eigenvalue weighted by Crippen LogP contribution is -2.42. The summed E-state index contributed by atoms with van der Waals surface area (Å²) >= 11 is 0. The molecule has 10 heteroatoms. The Bertz CT molecular complexity index is 1140. The molecule has 184 valence electrons. The maximum Gasteiger partial charge on any atom is 0.407 e. The molecular formula is C25H24F2N2O6. The van der Waals surface area contributed by atoms with Crippen molar-refractivity contribution in [2.45, 2.75) is 30.4 Å². The molecule has 0 radical (unpaired) electrons. The van der Waals surface area contributed by atoms with E-state index >= 15 is 0 Å². The first-order valence-corrected chi connectivity index (χ1v) is 11.4. The summed E-state index contributed by atoms with van der Waals surface area (Å²) in [5.41, 5.74) is 4.15. The molecule has 3 unspecified atom stereocenters. The minimum absolute atomic E-state index is 0.0231. The number of aliphatic hydroxyl groups is 1. The van der Waals surface area contributed by atoms with Gasteiger partial charge < -0.3 is 25.2 Å². The number of aliphatic carboxylic acids is 1. The normalized spacial score (nSPS) is 26.1. The number of benzene rings is 2. The maximum absolute atomic E-state index is 14.4. The average Bonchev–Trinajstić information content (AvgIpc) is 3.11. The van der Waals surface area contributed by atoms with Crippen molar-refractivity contribution in [2.75, 3.05) is 19.7 Å². The molecule has 1 saturated carbocycles. The van der Waals surface area contributed by atoms with Crippen LogP contribution < -0.4 is 5.32 Å². The molecule has 1 saturated heterocycles. The molecule has 8 nitrogen and oxygen atoms in total. The summed E-state index contributed by atoms with van der Waals surface area (Å²) in [5.74, 6) is -9.17. The van der Waals surface area contributed by atoms with Crippen molar-refractivity contribution in [3.05, 3.63) is 59.7 Å². The number of β-amino-alcohol motifs (C(OH)–C–C–N with tert-alkyl or cyclic N) is 1. The van der Waals surface area contributed by atoms with Crippen LogP contribution in [0.3, 0.4) is 0 Å². The van der Waals surface area contributed by atoms with Crippen LogP contribution >= 0.6 is 0 Å². The standard InChI is InChI=1S/C25H24F2N2O6/c26-25(27)19(21(25)22(31)29-11-13(30)9-20(29)23(32)33)10-28-24(34)35-12-18-16-7-3-1-5-14(16)15-6-2-4-8-17(15)18/h1-8,13,18-21,30H,9-12H2,(H,28,34)(H,32,33)/t13?,19?,20-,21?/m0/s1. The molecule has 0 spiro atoms. The van der Waals surface area contributed by atoms with Gasteiger partial charge in [0.15, 0.2) is 0 Å². The van der Waals surface area contributed by atoms with Gasteiger partial charge in [0.1, 0.15) is 18.6 Å². The summed E-state index contributed by atoms with van der Waals surface area (Å²) < 4.78 is 34.0. The van der Waals surface area contributed by atoms with E-state index in [4.69, 9.17) is 4.74 Å². The van der Waals surface area contributed by atoms with E-state index in [2.05, 4.69) is 5.32 Å². The molecule has 2 aliphatic carbocycles. The number of hydrogen-bond donors (Lipinski definition) is 3. The van der Waals surface area contributed by atoms with Crippen LogP contribution in [0.4, 0.5) is 13.6 Å². The van der Waals surface area contributed by atoms with Gasteiger partial charge >= 0.3 is 12.1 Å². The molecule has 3 N–H and O–H groups in total. The predicted molar refractivity (Wildman–Crippen MR) is 119 cm³/mol. The number of halogens is 2. The summed E-state index contributed by atoms with van der Waals surface area (Å²) in [6.45, 7) is -0.779. The van der Waals surface area contributed by atoms with E-state index in [9.17, 15) is 33.4 Å². The molecule has 2 amide bonds. The van der Waals surface area contributed by atoms with E-state index in [0.29, 0.717) is 0 Å². The number of aliphatic hydroxyl groups excluding tert-OH is 1. The second kappa shape index (κ2) is 8.60. The molecule has 2 aromatic rings. The Kier molecular flexibility index (Phi) is 5.71. The molecule has 5 rings (SSSR count). The number of ether oxygens (including phenoxy) is 1. The van der Waals surface area contributed by atoms with E-state index in [1.165, 1.54) is 0 Å². The van der Waals surface area contributed by atoms with Gasteiger partial charge in [-0.2, -0.15) is 0 Å². The molecule has 2 aromatic carbocycles. The Labute approximate surface area is 199 Å². The van der Waals surface area contributed by atoms with Crippen LogP contribution in [0.15, 0.2) is 48.5 Å². The molecule has 2 fully saturated rings. The van der Waals surface area contributed by atoms with E-state index < -0.39 is 54.4 Å². The Balaban J connectivity index is 1.18. The predicted octanol–water partition coefficient (Wildman–Crippen LogP) is 2.45. The summed E-state index contributed by atoms with van der Waals surface area (Å²) in [5, 5.41) is 21.2. The van der Waals surface area contributed by atoms with Crippen LogP contribution in [-0.4, -0.2) is 70.8 Å². The monoisotopic (exact) mass is 486 g/mol. The summed E-state index contributed by atoms with van der Waals surface area (Å²) in [6, 6.07) is 14.2. The van der Waals surface area contributed by atoms with Gasteiger partial charge in [0.2, 0.25) is 5.91 Å². The number of carbonyl (C=O) groups is 3. The van der Waals surface area contributed by atoms with Crippen molar-refractivity contribution in [2.24, 2.45) is 11.8 Å². The van der Waals surface area contributed by atoms with E-state index in [1.54, 1.807) is 0 Å². The second-order valence-corrected chi connectivity index (χ2v) is 9.20. The fourth-order valence-corrected chi connectivity index (χ4v) is 5.29. The van der Waals surface area contributed by atoms with Gasteiger partial charge in [0.25, 0.3) is 5.92 Å². The first-order valence-electron chi connectivity index (χ1n) is 11.4. The molecule has 35 heavy (non-hydrogen) atoms. The third kappa shape index (κ3) is 4.01. The van der Waals surface area contributed by atoms with Crippen molar-refractivity contribution in [3.63, 3.8) is 0 Å². The highest BCUT2D eigenvalue weighted by atomic mass is 19.3. The number of rotatable bonds is 6. The van der Waals surface area contributed by atoms with Crippen LogP contribution in [-0.2, 0) is 14.3 Å². The summed E-state index contributed by atoms with van der Waals surface area (Å²) in [6.07, 6.45) is -2.16. The third-order valence-electron chi connectivity index (χ3n) is 7.13. The van der Waals surface area contributed by atoms with Crippen LogP contribution in [0.1, 0.15) is 23.5 Å². The lowest BCUT2D eigenvalue weighted by molar-refractivity contribution is -0.149. The smallest absolute Gasteiger partial charge is 0.407 e. The minimum Gasteiger partial charge on any atom is -0.480 e. The van der Waals surface area contributed by atoms with Crippen LogP contribution in [0.2, 0.25) is 0 Å². The molecule has 1 heterocycles. The summed E-state index contributed by atoms with van der Waals surface area (Å²) in [4.78, 5) is 37.0. The Morgan fingerprint density at radius 1 is 1.06 bits per heavy atom. The number of likely N-dealkylation sites (tertiary alicyclic amines) is 1. The maximum atomic E-state index is 14.4. The highest BCUT2D eigenvalue weighted by Crippen LogP contribution is 2.56. The Morgan fingerprint density at radius 2 is 1.66 bits per heavy atom. The zero-order valence-corrected chi connectivity index (χ0v) is 18.6. The number of alkyl halides is 2. The Morgan fingerprint density at radius 3 is 2.26 bits per heavy atom. The first-order chi connectivity index (χ1) is 16.7. The number of fused-ring (bicyclic) bond motifs is 3. The fraction of sp³-hybridized carbons (Fsp3) is 0.400.